The third-order valence-electron chi connectivity index (χ3n) is 3.18. The van der Waals surface area contributed by atoms with Crippen LogP contribution in [0, 0.1) is 17.2 Å². The van der Waals surface area contributed by atoms with Crippen molar-refractivity contribution in [3.63, 3.8) is 0 Å². The topological polar surface area (TPSA) is 44.1 Å². The van der Waals surface area contributed by atoms with Crippen LogP contribution in [0.15, 0.2) is 0 Å². The monoisotopic (exact) mass is 222 g/mol. The molecule has 1 heterocycles. The molecule has 0 spiro atoms. The van der Waals surface area contributed by atoms with Crippen molar-refractivity contribution in [3.05, 3.63) is 0 Å². The Balaban J connectivity index is 2.05. The van der Waals surface area contributed by atoms with Crippen molar-refractivity contribution in [3.8, 4) is 6.07 Å². The maximum absolute atomic E-state index is 11.5. The van der Waals surface area contributed by atoms with Crippen molar-refractivity contribution in [1.82, 2.24) is 4.90 Å². The lowest BCUT2D eigenvalue weighted by atomic mass is 10.1. The van der Waals surface area contributed by atoms with Gasteiger partial charge in [-0.2, -0.15) is 5.26 Å². The molecule has 0 bridgehead atoms. The highest BCUT2D eigenvalue weighted by Crippen LogP contribution is 2.17. The smallest absolute Gasteiger partial charge is 0.224 e. The van der Waals surface area contributed by atoms with Gasteiger partial charge in [-0.25, -0.2) is 0 Å². The molecule has 3 nitrogen and oxygen atoms in total. The van der Waals surface area contributed by atoms with Gasteiger partial charge in [0.1, 0.15) is 0 Å². The number of nitrogens with zero attached hydrogens (tertiary/aromatic N) is 2. The predicted octanol–water partition coefficient (Wildman–Crippen LogP) is 2.72. The minimum atomic E-state index is -0.0624. The number of carbonyl (C=O) groups excluding carboxylic acids is 1. The summed E-state index contributed by atoms with van der Waals surface area (Å²) in [5.74, 6) is 0.104. The molecule has 0 aromatic rings. The van der Waals surface area contributed by atoms with Gasteiger partial charge in [-0.1, -0.05) is 39.0 Å². The molecule has 1 amide bonds. The molecule has 1 atom stereocenters. The first-order chi connectivity index (χ1) is 7.77. The lowest BCUT2D eigenvalue weighted by molar-refractivity contribution is -0.127. The first kappa shape index (κ1) is 13.0. The Morgan fingerprint density at radius 1 is 1.31 bits per heavy atom. The Bertz CT molecular complexity index is 257. The largest absolute Gasteiger partial charge is 0.341 e. The van der Waals surface area contributed by atoms with Gasteiger partial charge in [0.15, 0.2) is 0 Å². The summed E-state index contributed by atoms with van der Waals surface area (Å²) in [6, 6.07) is 2.18. The van der Waals surface area contributed by atoms with E-state index in [1.54, 1.807) is 0 Å². The van der Waals surface area contributed by atoms with Gasteiger partial charge in [-0.3, -0.25) is 4.79 Å². The first-order valence-electron chi connectivity index (χ1n) is 6.45. The molecule has 1 saturated heterocycles. The van der Waals surface area contributed by atoms with Gasteiger partial charge in [0, 0.05) is 19.5 Å². The minimum Gasteiger partial charge on any atom is -0.341 e. The van der Waals surface area contributed by atoms with Gasteiger partial charge in [0.2, 0.25) is 5.91 Å². The molecule has 0 aromatic carbocycles. The summed E-state index contributed by atoms with van der Waals surface area (Å²) in [5, 5.41) is 8.74. The fourth-order valence-corrected chi connectivity index (χ4v) is 2.16. The van der Waals surface area contributed by atoms with Gasteiger partial charge in [0.05, 0.1) is 12.0 Å². The molecule has 0 saturated carbocycles. The Kier molecular flexibility index (Phi) is 5.92. The minimum absolute atomic E-state index is 0.0624. The van der Waals surface area contributed by atoms with E-state index in [-0.39, 0.29) is 11.8 Å². The van der Waals surface area contributed by atoms with Crippen molar-refractivity contribution in [2.45, 2.75) is 51.9 Å². The molecule has 1 fully saturated rings. The summed E-state index contributed by atoms with van der Waals surface area (Å²) in [6.07, 6.45) is 7.91. The van der Waals surface area contributed by atoms with E-state index >= 15 is 0 Å². The second-order valence-electron chi connectivity index (χ2n) is 4.64. The number of hydrogen-bond acceptors (Lipinski definition) is 2. The molecule has 1 unspecified atom stereocenters. The zero-order chi connectivity index (χ0) is 11.8. The van der Waals surface area contributed by atoms with E-state index in [0.717, 1.165) is 13.0 Å². The predicted molar refractivity (Wildman–Crippen MR) is 63.7 cm³/mol. The third kappa shape index (κ3) is 4.22. The molecule has 0 N–H and O–H groups in total. The van der Waals surface area contributed by atoms with Gasteiger partial charge >= 0.3 is 0 Å². The fraction of sp³-hybridized carbons (Fsp3) is 0.846. The quantitative estimate of drug-likeness (QED) is 0.622. The Hall–Kier alpha value is -1.04. The Morgan fingerprint density at radius 3 is 2.62 bits per heavy atom. The maximum Gasteiger partial charge on any atom is 0.224 e. The summed E-state index contributed by atoms with van der Waals surface area (Å²) in [6.45, 7) is 3.72. The van der Waals surface area contributed by atoms with Crippen LogP contribution in [0.4, 0.5) is 0 Å². The molecular formula is C13H22N2O. The SMILES string of the molecule is CCCCCCCCN1CC(C#N)CC1=O. The summed E-state index contributed by atoms with van der Waals surface area (Å²) in [4.78, 5) is 13.3. The lowest BCUT2D eigenvalue weighted by Crippen LogP contribution is -2.26. The molecule has 0 aromatic heterocycles. The molecule has 1 aliphatic rings. The maximum atomic E-state index is 11.5. The summed E-state index contributed by atoms with van der Waals surface area (Å²) in [7, 11) is 0. The zero-order valence-electron chi connectivity index (χ0n) is 10.2. The number of rotatable bonds is 7. The molecule has 0 aliphatic carbocycles. The highest BCUT2D eigenvalue weighted by Gasteiger charge is 2.28. The summed E-state index contributed by atoms with van der Waals surface area (Å²) < 4.78 is 0. The number of amides is 1. The molecule has 3 heteroatoms. The van der Waals surface area contributed by atoms with Crippen LogP contribution in [0.25, 0.3) is 0 Å². The Labute approximate surface area is 98.4 Å². The molecule has 1 rings (SSSR count). The third-order valence-corrected chi connectivity index (χ3v) is 3.18. The second-order valence-corrected chi connectivity index (χ2v) is 4.64. The fourth-order valence-electron chi connectivity index (χ4n) is 2.16. The number of hydrogen-bond donors (Lipinski definition) is 0. The van der Waals surface area contributed by atoms with Gasteiger partial charge in [-0.05, 0) is 6.42 Å². The summed E-state index contributed by atoms with van der Waals surface area (Å²) in [5.41, 5.74) is 0. The van der Waals surface area contributed by atoms with E-state index in [1.165, 1.54) is 32.1 Å². The van der Waals surface area contributed by atoms with Gasteiger partial charge in [0.25, 0.3) is 0 Å². The van der Waals surface area contributed by atoms with Crippen LogP contribution < -0.4 is 0 Å². The van der Waals surface area contributed by atoms with Gasteiger partial charge < -0.3 is 4.90 Å². The average Bonchev–Trinajstić information content (AvgIpc) is 2.65. The van der Waals surface area contributed by atoms with Crippen LogP contribution in [-0.2, 0) is 4.79 Å². The number of likely N-dealkylation sites (tertiary alicyclic amines) is 1. The van der Waals surface area contributed by atoms with E-state index in [4.69, 9.17) is 5.26 Å². The van der Waals surface area contributed by atoms with E-state index in [9.17, 15) is 4.79 Å². The van der Waals surface area contributed by atoms with Crippen LogP contribution in [-0.4, -0.2) is 23.9 Å². The molecular weight excluding hydrogens is 200 g/mol. The lowest BCUT2D eigenvalue weighted by Gasteiger charge is -2.15. The van der Waals surface area contributed by atoms with Crippen molar-refractivity contribution in [2.24, 2.45) is 5.92 Å². The molecule has 16 heavy (non-hydrogen) atoms. The Morgan fingerprint density at radius 2 is 2.00 bits per heavy atom. The van der Waals surface area contributed by atoms with Crippen molar-refractivity contribution < 1.29 is 4.79 Å². The number of unbranched alkanes of at least 4 members (excludes halogenated alkanes) is 5. The standard InChI is InChI=1S/C13H22N2O/c1-2-3-4-5-6-7-8-15-11-12(10-14)9-13(15)16/h12H,2-9,11H2,1H3. The van der Waals surface area contributed by atoms with Crippen LogP contribution in [0.3, 0.4) is 0 Å². The normalized spacial score (nSPS) is 20.1. The van der Waals surface area contributed by atoms with Gasteiger partial charge in [-0.15, -0.1) is 0 Å². The van der Waals surface area contributed by atoms with Crippen molar-refractivity contribution in [2.75, 3.05) is 13.1 Å². The zero-order valence-corrected chi connectivity index (χ0v) is 10.2. The molecule has 90 valence electrons. The van der Waals surface area contributed by atoms with E-state index in [1.807, 2.05) is 4.90 Å². The van der Waals surface area contributed by atoms with Crippen LogP contribution in [0.2, 0.25) is 0 Å². The van der Waals surface area contributed by atoms with Crippen molar-refractivity contribution in [1.29, 1.82) is 5.26 Å². The first-order valence-corrected chi connectivity index (χ1v) is 6.45. The van der Waals surface area contributed by atoms with E-state index in [2.05, 4.69) is 13.0 Å². The van der Waals surface area contributed by atoms with Crippen LogP contribution >= 0.6 is 0 Å². The molecule has 1 aliphatic heterocycles. The van der Waals surface area contributed by atoms with Crippen molar-refractivity contribution >= 4 is 5.91 Å². The molecule has 0 radical (unpaired) electrons. The number of nitriles is 1. The van der Waals surface area contributed by atoms with E-state index in [0.29, 0.717) is 13.0 Å². The second kappa shape index (κ2) is 7.27. The summed E-state index contributed by atoms with van der Waals surface area (Å²) >= 11 is 0. The van der Waals surface area contributed by atoms with Crippen LogP contribution in [0.1, 0.15) is 51.9 Å². The number of carbonyl (C=O) groups is 1. The highest BCUT2D eigenvalue weighted by atomic mass is 16.2. The average molecular weight is 222 g/mol. The highest BCUT2D eigenvalue weighted by molar-refractivity contribution is 5.79. The van der Waals surface area contributed by atoms with Crippen LogP contribution in [0.5, 0.6) is 0 Å². The van der Waals surface area contributed by atoms with E-state index < -0.39 is 0 Å².